The van der Waals surface area contributed by atoms with E-state index in [1.807, 2.05) is 18.3 Å². The van der Waals surface area contributed by atoms with E-state index in [9.17, 15) is 5.11 Å². The van der Waals surface area contributed by atoms with Crippen LogP contribution in [0.25, 0.3) is 10.8 Å². The number of aromatic nitrogens is 1. The predicted octanol–water partition coefficient (Wildman–Crippen LogP) is 3.16. The highest BCUT2D eigenvalue weighted by Gasteiger charge is 2.23. The Hall–Kier alpha value is -1.29. The number of pyridine rings is 1. The smallest absolute Gasteiger partial charge is 0.136 e. The number of nitrogens with zero attached hydrogens (tertiary/aromatic N) is 2. The summed E-state index contributed by atoms with van der Waals surface area (Å²) >= 11 is 3.55. The molecule has 2 aromatic rings. The maximum absolute atomic E-state index is 9.64. The normalized spacial score (nSPS) is 19.6. The molecule has 1 unspecified atom stereocenters. The number of benzene rings is 1. The van der Waals surface area contributed by atoms with Crippen LogP contribution in [0.15, 0.2) is 30.5 Å². The van der Waals surface area contributed by atoms with E-state index in [1.165, 1.54) is 6.42 Å². The van der Waals surface area contributed by atoms with Gasteiger partial charge in [-0.15, -0.1) is 0 Å². The molecule has 94 valence electrons. The third kappa shape index (κ3) is 2.05. The van der Waals surface area contributed by atoms with Gasteiger partial charge in [0.25, 0.3) is 0 Å². The van der Waals surface area contributed by atoms with Crippen LogP contribution in [0.5, 0.6) is 5.75 Å². The third-order valence-corrected chi connectivity index (χ3v) is 4.45. The van der Waals surface area contributed by atoms with Crippen molar-refractivity contribution in [2.75, 3.05) is 23.3 Å². The first-order valence-electron chi connectivity index (χ1n) is 6.16. The molecule has 2 heterocycles. The zero-order chi connectivity index (χ0) is 12.5. The summed E-state index contributed by atoms with van der Waals surface area (Å²) in [5, 5.41) is 12.8. The van der Waals surface area contributed by atoms with Crippen molar-refractivity contribution in [3.05, 3.63) is 30.5 Å². The zero-order valence-corrected chi connectivity index (χ0v) is 11.6. The van der Waals surface area contributed by atoms with Gasteiger partial charge in [-0.25, -0.2) is 4.98 Å². The van der Waals surface area contributed by atoms with Gasteiger partial charge in [0.15, 0.2) is 0 Å². The van der Waals surface area contributed by atoms with Crippen molar-refractivity contribution >= 4 is 32.5 Å². The largest absolute Gasteiger partial charge is 0.508 e. The van der Waals surface area contributed by atoms with E-state index in [1.54, 1.807) is 12.1 Å². The van der Waals surface area contributed by atoms with Crippen LogP contribution in [0.2, 0.25) is 0 Å². The summed E-state index contributed by atoms with van der Waals surface area (Å²) in [6.45, 7) is 2.07. The van der Waals surface area contributed by atoms with E-state index < -0.39 is 0 Å². The van der Waals surface area contributed by atoms with E-state index in [2.05, 4.69) is 25.8 Å². The van der Waals surface area contributed by atoms with Gasteiger partial charge in [-0.3, -0.25) is 0 Å². The van der Waals surface area contributed by atoms with Crippen LogP contribution in [-0.2, 0) is 0 Å². The number of fused-ring (bicyclic) bond motifs is 1. The fraction of sp³-hybridized carbons (Fsp3) is 0.357. The fourth-order valence-corrected chi connectivity index (χ4v) is 3.07. The molecule has 3 nitrogen and oxygen atoms in total. The van der Waals surface area contributed by atoms with Gasteiger partial charge in [-0.2, -0.15) is 0 Å². The van der Waals surface area contributed by atoms with Gasteiger partial charge in [0.05, 0.1) is 0 Å². The fourth-order valence-electron chi connectivity index (χ4n) is 2.54. The number of alkyl halides is 1. The first-order valence-corrected chi connectivity index (χ1v) is 7.28. The first kappa shape index (κ1) is 11.8. The lowest BCUT2D eigenvalue weighted by Crippen LogP contribution is -2.21. The van der Waals surface area contributed by atoms with Crippen molar-refractivity contribution < 1.29 is 5.11 Å². The second-order valence-corrected chi connectivity index (χ2v) is 5.44. The molecule has 1 aliphatic heterocycles. The Bertz CT molecular complexity index is 573. The second-order valence-electron chi connectivity index (χ2n) is 4.80. The maximum Gasteiger partial charge on any atom is 0.136 e. The van der Waals surface area contributed by atoms with Crippen molar-refractivity contribution in [3.63, 3.8) is 0 Å². The number of aromatic hydroxyl groups is 1. The molecule has 1 aromatic carbocycles. The van der Waals surface area contributed by atoms with Gasteiger partial charge < -0.3 is 10.0 Å². The lowest BCUT2D eigenvalue weighted by atomic mass is 10.1. The number of phenolic OH excluding ortho intramolecular Hbond substituents is 1. The lowest BCUT2D eigenvalue weighted by molar-refractivity contribution is 0.476. The van der Waals surface area contributed by atoms with E-state index in [0.29, 0.717) is 11.7 Å². The average Bonchev–Trinajstić information content (AvgIpc) is 2.86. The van der Waals surface area contributed by atoms with Gasteiger partial charge in [0.1, 0.15) is 11.6 Å². The molecule has 3 rings (SSSR count). The average molecular weight is 307 g/mol. The quantitative estimate of drug-likeness (QED) is 0.866. The van der Waals surface area contributed by atoms with Gasteiger partial charge in [0, 0.05) is 30.0 Å². The Balaban J connectivity index is 2.04. The monoisotopic (exact) mass is 306 g/mol. The van der Waals surface area contributed by atoms with E-state index >= 15 is 0 Å². The molecule has 0 radical (unpaired) electrons. The molecule has 18 heavy (non-hydrogen) atoms. The molecule has 0 spiro atoms. The molecule has 4 heteroatoms. The Morgan fingerprint density at radius 1 is 1.39 bits per heavy atom. The minimum atomic E-state index is 0.299. The van der Waals surface area contributed by atoms with E-state index in [4.69, 9.17) is 0 Å². The summed E-state index contributed by atoms with van der Waals surface area (Å²) < 4.78 is 0. The van der Waals surface area contributed by atoms with Crippen LogP contribution in [0.3, 0.4) is 0 Å². The summed E-state index contributed by atoms with van der Waals surface area (Å²) in [5.74, 6) is 1.99. The molecule has 1 saturated heterocycles. The van der Waals surface area contributed by atoms with Crippen molar-refractivity contribution in [3.8, 4) is 5.75 Å². The summed E-state index contributed by atoms with van der Waals surface area (Å²) in [5.41, 5.74) is 0. The van der Waals surface area contributed by atoms with Gasteiger partial charge >= 0.3 is 0 Å². The van der Waals surface area contributed by atoms with E-state index in [0.717, 1.165) is 35.0 Å². The third-order valence-electron chi connectivity index (χ3n) is 3.53. The van der Waals surface area contributed by atoms with Gasteiger partial charge in [0.2, 0.25) is 0 Å². The molecule has 0 bridgehead atoms. The zero-order valence-electron chi connectivity index (χ0n) is 10.0. The Kier molecular flexibility index (Phi) is 3.12. The van der Waals surface area contributed by atoms with Crippen LogP contribution < -0.4 is 4.90 Å². The summed E-state index contributed by atoms with van der Waals surface area (Å²) in [7, 11) is 0. The second kappa shape index (κ2) is 4.76. The minimum absolute atomic E-state index is 0.299. The Morgan fingerprint density at radius 3 is 3.06 bits per heavy atom. The summed E-state index contributed by atoms with van der Waals surface area (Å²) in [6, 6.07) is 7.45. The molecule has 0 saturated carbocycles. The molecular weight excluding hydrogens is 292 g/mol. The highest BCUT2D eigenvalue weighted by atomic mass is 79.9. The SMILES string of the molecule is Oc1ccc2ccnc(N3CCC(CBr)C3)c2c1. The minimum Gasteiger partial charge on any atom is -0.508 e. The van der Waals surface area contributed by atoms with E-state index in [-0.39, 0.29) is 0 Å². The Labute approximate surface area is 115 Å². The summed E-state index contributed by atoms with van der Waals surface area (Å²) in [4.78, 5) is 6.81. The number of hydrogen-bond acceptors (Lipinski definition) is 3. The topological polar surface area (TPSA) is 36.4 Å². The van der Waals surface area contributed by atoms with Crippen LogP contribution >= 0.6 is 15.9 Å². The maximum atomic E-state index is 9.64. The van der Waals surface area contributed by atoms with Gasteiger partial charge in [-0.1, -0.05) is 22.0 Å². The van der Waals surface area contributed by atoms with Crippen molar-refractivity contribution in [2.45, 2.75) is 6.42 Å². The lowest BCUT2D eigenvalue weighted by Gasteiger charge is -2.19. The number of halogens is 1. The molecular formula is C14H15BrN2O. The number of phenols is 1. The molecule has 1 aliphatic rings. The molecule has 0 aliphatic carbocycles. The molecule has 1 N–H and O–H groups in total. The molecule has 0 amide bonds. The number of hydrogen-bond donors (Lipinski definition) is 1. The number of anilines is 1. The highest BCUT2D eigenvalue weighted by molar-refractivity contribution is 9.09. The molecule has 1 aromatic heterocycles. The van der Waals surface area contributed by atoms with Crippen LogP contribution in [-0.4, -0.2) is 28.5 Å². The van der Waals surface area contributed by atoms with Crippen LogP contribution in [0.4, 0.5) is 5.82 Å². The number of rotatable bonds is 2. The predicted molar refractivity (Wildman–Crippen MR) is 77.5 cm³/mol. The van der Waals surface area contributed by atoms with Crippen molar-refractivity contribution in [1.29, 1.82) is 0 Å². The highest BCUT2D eigenvalue weighted by Crippen LogP contribution is 2.31. The first-order chi connectivity index (χ1) is 8.78. The summed E-state index contributed by atoms with van der Waals surface area (Å²) in [6.07, 6.45) is 3.04. The molecule has 1 atom stereocenters. The Morgan fingerprint density at radius 2 is 2.28 bits per heavy atom. The van der Waals surface area contributed by atoms with Crippen molar-refractivity contribution in [2.24, 2.45) is 5.92 Å². The van der Waals surface area contributed by atoms with Crippen LogP contribution in [0.1, 0.15) is 6.42 Å². The van der Waals surface area contributed by atoms with Gasteiger partial charge in [-0.05, 0) is 35.9 Å². The van der Waals surface area contributed by atoms with Crippen molar-refractivity contribution in [1.82, 2.24) is 4.98 Å². The van der Waals surface area contributed by atoms with Crippen LogP contribution in [0, 0.1) is 5.92 Å². The molecule has 1 fully saturated rings. The standard InChI is InChI=1S/C14H15BrN2O/c15-8-10-4-6-17(9-10)14-13-7-12(18)2-1-11(13)3-5-16-14/h1-3,5,7,10,18H,4,6,8-9H2.